The highest BCUT2D eigenvalue weighted by Gasteiger charge is 2.13. The smallest absolute Gasteiger partial charge is 0.0951 e. The fourth-order valence-electron chi connectivity index (χ4n) is 3.77. The zero-order valence-corrected chi connectivity index (χ0v) is 17.5. The molecule has 2 aromatic carbocycles. The molecule has 2 N–H and O–H groups in total. The van der Waals surface area contributed by atoms with E-state index in [9.17, 15) is 5.11 Å². The van der Waals surface area contributed by atoms with Crippen LogP contribution in [0.5, 0.6) is 0 Å². The summed E-state index contributed by atoms with van der Waals surface area (Å²) in [4.78, 5) is 5.41. The molecule has 1 atom stereocenters. The Hall–Kier alpha value is -2.63. The van der Waals surface area contributed by atoms with Crippen molar-refractivity contribution in [1.82, 2.24) is 9.55 Å². The number of anilines is 1. The molecule has 2 aromatic heterocycles. The van der Waals surface area contributed by atoms with E-state index in [2.05, 4.69) is 70.3 Å². The fraction of sp³-hybridized carbons (Fsp3) is 0.292. The van der Waals surface area contributed by atoms with E-state index in [0.29, 0.717) is 6.04 Å². The highest BCUT2D eigenvalue weighted by Crippen LogP contribution is 2.29. The van der Waals surface area contributed by atoms with Crippen LogP contribution in [-0.4, -0.2) is 20.7 Å². The molecule has 4 rings (SSSR count). The maximum Gasteiger partial charge on any atom is 0.0951 e. The van der Waals surface area contributed by atoms with E-state index in [1.807, 2.05) is 18.6 Å². The van der Waals surface area contributed by atoms with Crippen LogP contribution in [0.4, 0.5) is 5.69 Å². The molecular weight excluding hydrogens is 378 g/mol. The van der Waals surface area contributed by atoms with Gasteiger partial charge >= 0.3 is 0 Å². The van der Waals surface area contributed by atoms with Gasteiger partial charge in [-0.3, -0.25) is 0 Å². The van der Waals surface area contributed by atoms with Crippen molar-refractivity contribution < 1.29 is 5.11 Å². The van der Waals surface area contributed by atoms with Gasteiger partial charge < -0.3 is 15.0 Å². The number of benzene rings is 2. The van der Waals surface area contributed by atoms with Gasteiger partial charge in [-0.1, -0.05) is 43.7 Å². The minimum Gasteiger partial charge on any atom is -0.391 e. The maximum absolute atomic E-state index is 9.39. The van der Waals surface area contributed by atoms with Crippen molar-refractivity contribution in [3.05, 3.63) is 83.3 Å². The predicted octanol–water partition coefficient (Wildman–Crippen LogP) is 5.46. The highest BCUT2D eigenvalue weighted by atomic mass is 32.1. The molecule has 0 amide bonds. The van der Waals surface area contributed by atoms with Crippen LogP contribution in [0.3, 0.4) is 0 Å². The normalized spacial score (nSPS) is 12.3. The van der Waals surface area contributed by atoms with Crippen molar-refractivity contribution >= 4 is 27.1 Å². The van der Waals surface area contributed by atoms with Crippen LogP contribution in [0, 0.1) is 0 Å². The van der Waals surface area contributed by atoms with Gasteiger partial charge in [0.05, 0.1) is 12.9 Å². The van der Waals surface area contributed by atoms with Gasteiger partial charge in [-0.2, -0.15) is 0 Å². The first-order chi connectivity index (χ1) is 14.2. The van der Waals surface area contributed by atoms with Crippen LogP contribution in [0.15, 0.2) is 67.1 Å². The van der Waals surface area contributed by atoms with Crippen LogP contribution >= 0.6 is 11.3 Å². The fourth-order valence-corrected chi connectivity index (χ4v) is 4.67. The minimum atomic E-state index is 0.103. The molecule has 0 bridgehead atoms. The van der Waals surface area contributed by atoms with Crippen LogP contribution in [0.2, 0.25) is 0 Å². The first-order valence-corrected chi connectivity index (χ1v) is 11.0. The molecule has 29 heavy (non-hydrogen) atoms. The molecule has 4 nitrogen and oxygen atoms in total. The Bertz CT molecular complexity index is 1050. The van der Waals surface area contributed by atoms with Crippen molar-refractivity contribution in [1.29, 1.82) is 0 Å². The van der Waals surface area contributed by atoms with E-state index < -0.39 is 0 Å². The van der Waals surface area contributed by atoms with E-state index in [-0.39, 0.29) is 6.61 Å². The molecule has 0 saturated heterocycles. The lowest BCUT2D eigenvalue weighted by Crippen LogP contribution is -2.23. The van der Waals surface area contributed by atoms with Crippen LogP contribution < -0.4 is 5.32 Å². The summed E-state index contributed by atoms with van der Waals surface area (Å²) < 4.78 is 3.46. The first-order valence-electron chi connectivity index (χ1n) is 10.2. The molecule has 4 aromatic rings. The van der Waals surface area contributed by atoms with Gasteiger partial charge in [-0.15, -0.1) is 11.3 Å². The summed E-state index contributed by atoms with van der Waals surface area (Å²) in [6.07, 6.45) is 7.08. The Morgan fingerprint density at radius 2 is 2.00 bits per heavy atom. The number of hydrogen-bond acceptors (Lipinski definition) is 4. The molecule has 0 aliphatic rings. The first kappa shape index (κ1) is 19.7. The van der Waals surface area contributed by atoms with E-state index in [4.69, 9.17) is 0 Å². The molecule has 0 spiro atoms. The molecule has 0 saturated carbocycles. The van der Waals surface area contributed by atoms with Crippen LogP contribution in [-0.2, 0) is 19.6 Å². The number of nitrogens with zero attached hydrogens (tertiary/aromatic N) is 2. The molecule has 0 aliphatic carbocycles. The quantitative estimate of drug-likeness (QED) is 0.389. The van der Waals surface area contributed by atoms with Crippen molar-refractivity contribution in [3.8, 4) is 0 Å². The summed E-state index contributed by atoms with van der Waals surface area (Å²) in [5.41, 5.74) is 3.67. The number of aliphatic hydroxyl groups is 1. The molecule has 150 valence electrons. The van der Waals surface area contributed by atoms with Crippen molar-refractivity contribution in [2.45, 2.75) is 45.4 Å². The lowest BCUT2D eigenvalue weighted by Gasteiger charge is -2.20. The summed E-state index contributed by atoms with van der Waals surface area (Å²) in [5, 5.41) is 14.3. The number of imidazole rings is 1. The molecule has 0 radical (unpaired) electrons. The summed E-state index contributed by atoms with van der Waals surface area (Å²) >= 11 is 1.65. The molecule has 5 heteroatoms. The lowest BCUT2D eigenvalue weighted by molar-refractivity contribution is 0.285. The van der Waals surface area contributed by atoms with Gasteiger partial charge in [-0.05, 0) is 41.6 Å². The predicted molar refractivity (Wildman–Crippen MR) is 122 cm³/mol. The average molecular weight is 406 g/mol. The average Bonchev–Trinajstić information content (AvgIpc) is 3.35. The number of aromatic nitrogens is 2. The zero-order chi connectivity index (χ0) is 20.1. The maximum atomic E-state index is 9.39. The van der Waals surface area contributed by atoms with Crippen molar-refractivity contribution in [2.24, 2.45) is 0 Å². The Balaban J connectivity index is 1.49. The Morgan fingerprint density at radius 1 is 1.14 bits per heavy atom. The Morgan fingerprint density at radius 3 is 2.79 bits per heavy atom. The SMILES string of the molecule is CCCC(Cc1cncn1Cc1ccccc1)Nc1ccc2sc(CO)cc2c1. The van der Waals surface area contributed by atoms with Crippen molar-refractivity contribution in [2.75, 3.05) is 5.32 Å². The Labute approximate surface area is 175 Å². The van der Waals surface area contributed by atoms with Crippen molar-refractivity contribution in [3.63, 3.8) is 0 Å². The summed E-state index contributed by atoms with van der Waals surface area (Å²) in [6.45, 7) is 3.18. The summed E-state index contributed by atoms with van der Waals surface area (Å²) in [5.74, 6) is 0. The number of thiophene rings is 1. The van der Waals surface area contributed by atoms with Gasteiger partial charge in [0.25, 0.3) is 0 Å². The molecule has 0 fully saturated rings. The largest absolute Gasteiger partial charge is 0.391 e. The van der Waals surface area contributed by atoms with Gasteiger partial charge in [0, 0.05) is 46.2 Å². The van der Waals surface area contributed by atoms with Gasteiger partial charge in [0.1, 0.15) is 0 Å². The standard InChI is InChI=1S/C24H27N3OS/c1-2-6-20(26-21-9-10-24-19(11-21)12-23(16-28)29-24)13-22-14-25-17-27(22)15-18-7-4-3-5-8-18/h3-5,7-12,14,17,20,26,28H,2,6,13,15-16H2,1H3. The molecule has 0 aliphatic heterocycles. The lowest BCUT2D eigenvalue weighted by atomic mass is 10.1. The van der Waals surface area contributed by atoms with Crippen LogP contribution in [0.1, 0.15) is 35.9 Å². The number of aliphatic hydroxyl groups excluding tert-OH is 1. The Kier molecular flexibility index (Phi) is 6.27. The zero-order valence-electron chi connectivity index (χ0n) is 16.7. The topological polar surface area (TPSA) is 50.1 Å². The van der Waals surface area contributed by atoms with E-state index in [0.717, 1.165) is 36.4 Å². The second-order valence-electron chi connectivity index (χ2n) is 7.46. The molecular formula is C24H27N3OS. The van der Waals surface area contributed by atoms with Gasteiger partial charge in [-0.25, -0.2) is 4.98 Å². The second-order valence-corrected chi connectivity index (χ2v) is 8.62. The van der Waals surface area contributed by atoms with Gasteiger partial charge in [0.15, 0.2) is 0 Å². The second kappa shape index (κ2) is 9.25. The molecule has 1 unspecified atom stereocenters. The minimum absolute atomic E-state index is 0.103. The third kappa shape index (κ3) is 4.86. The molecule has 2 heterocycles. The summed E-state index contributed by atoms with van der Waals surface area (Å²) in [7, 11) is 0. The van der Waals surface area contributed by atoms with Gasteiger partial charge in [0.2, 0.25) is 0 Å². The van der Waals surface area contributed by atoms with E-state index in [1.165, 1.54) is 21.3 Å². The highest BCUT2D eigenvalue weighted by molar-refractivity contribution is 7.19. The number of fused-ring (bicyclic) bond motifs is 1. The van der Waals surface area contributed by atoms with E-state index in [1.54, 1.807) is 11.3 Å². The monoisotopic (exact) mass is 405 g/mol. The third-order valence-corrected chi connectivity index (χ3v) is 6.28. The third-order valence-electron chi connectivity index (χ3n) is 5.18. The number of rotatable bonds is 9. The summed E-state index contributed by atoms with van der Waals surface area (Å²) in [6, 6.07) is 19.4. The van der Waals surface area contributed by atoms with Crippen LogP contribution in [0.25, 0.3) is 10.1 Å². The van der Waals surface area contributed by atoms with E-state index >= 15 is 0 Å². The number of nitrogens with one attached hydrogen (secondary N) is 1. The number of hydrogen-bond donors (Lipinski definition) is 2.